The molecular formula is C13H21NO. The Hall–Kier alpha value is -1.05. The van der Waals surface area contributed by atoms with Gasteiger partial charge in [-0.05, 0) is 11.5 Å². The second kappa shape index (κ2) is 3.51. The van der Waals surface area contributed by atoms with Crippen LogP contribution in [0.4, 0.5) is 0 Å². The van der Waals surface area contributed by atoms with Gasteiger partial charge in [-0.25, -0.2) is 0 Å². The predicted octanol–water partition coefficient (Wildman–Crippen LogP) is 2.92. The zero-order valence-corrected chi connectivity index (χ0v) is 10.6. The van der Waals surface area contributed by atoms with E-state index in [1.807, 2.05) is 6.07 Å². The van der Waals surface area contributed by atoms with Crippen LogP contribution in [0.5, 0.6) is 0 Å². The number of aromatic nitrogens is 1. The number of hydrogen-bond acceptors (Lipinski definition) is 1. The first-order valence-corrected chi connectivity index (χ1v) is 5.37. The lowest BCUT2D eigenvalue weighted by molar-refractivity contribution is -0.618. The van der Waals surface area contributed by atoms with Crippen molar-refractivity contribution in [3.05, 3.63) is 34.8 Å². The zero-order valence-electron chi connectivity index (χ0n) is 10.6. The Morgan fingerprint density at radius 2 is 1.53 bits per heavy atom. The van der Waals surface area contributed by atoms with Gasteiger partial charge in [-0.3, -0.25) is 0 Å². The van der Waals surface area contributed by atoms with Crippen molar-refractivity contribution in [2.45, 2.75) is 52.4 Å². The molecule has 1 rings (SSSR count). The summed E-state index contributed by atoms with van der Waals surface area (Å²) in [5, 5.41) is 11.9. The van der Waals surface area contributed by atoms with Crippen LogP contribution in [0.3, 0.4) is 0 Å². The maximum absolute atomic E-state index is 11.9. The molecule has 0 aromatic carbocycles. The minimum Gasteiger partial charge on any atom is -0.618 e. The van der Waals surface area contributed by atoms with Gasteiger partial charge in [0.2, 0.25) is 5.69 Å². The van der Waals surface area contributed by atoms with Crippen molar-refractivity contribution in [1.29, 1.82) is 0 Å². The van der Waals surface area contributed by atoms with Crippen molar-refractivity contribution in [3.63, 3.8) is 0 Å². The molecular weight excluding hydrogens is 186 g/mol. The fourth-order valence-electron chi connectivity index (χ4n) is 1.83. The summed E-state index contributed by atoms with van der Waals surface area (Å²) >= 11 is 0. The van der Waals surface area contributed by atoms with Crippen LogP contribution in [0, 0.1) is 5.21 Å². The van der Waals surface area contributed by atoms with Crippen molar-refractivity contribution >= 4 is 0 Å². The van der Waals surface area contributed by atoms with E-state index in [1.165, 1.54) is 0 Å². The molecule has 0 spiro atoms. The fourth-order valence-corrected chi connectivity index (χ4v) is 1.83. The van der Waals surface area contributed by atoms with Gasteiger partial charge in [0, 0.05) is 17.0 Å². The fraction of sp³-hybridized carbons (Fsp3) is 0.615. The van der Waals surface area contributed by atoms with Crippen molar-refractivity contribution in [1.82, 2.24) is 0 Å². The van der Waals surface area contributed by atoms with E-state index in [-0.39, 0.29) is 10.8 Å². The molecule has 0 amide bonds. The first kappa shape index (κ1) is 12.0. The highest BCUT2D eigenvalue weighted by Crippen LogP contribution is 2.30. The van der Waals surface area contributed by atoms with Crippen LogP contribution in [0.25, 0.3) is 0 Å². The lowest BCUT2D eigenvalue weighted by Gasteiger charge is -2.27. The SMILES string of the molecule is CC(C)(C)c1ccc[n+]([O-])c1C(C)(C)C. The Bertz CT molecular complexity index is 356. The summed E-state index contributed by atoms with van der Waals surface area (Å²) < 4.78 is 1.00. The number of nitrogens with zero attached hydrogens (tertiary/aromatic N) is 1. The standard InChI is InChI=1S/C13H21NO/c1-12(2,3)10-8-7-9-14(15)11(10)13(4,5)6/h7-9H,1-6H3. The van der Waals surface area contributed by atoms with E-state index in [2.05, 4.69) is 47.6 Å². The van der Waals surface area contributed by atoms with Gasteiger partial charge < -0.3 is 5.21 Å². The second-order valence-corrected chi connectivity index (χ2v) is 6.10. The van der Waals surface area contributed by atoms with E-state index in [9.17, 15) is 5.21 Å². The molecule has 1 aromatic rings. The Kier molecular flexibility index (Phi) is 2.81. The van der Waals surface area contributed by atoms with E-state index in [1.54, 1.807) is 6.20 Å². The van der Waals surface area contributed by atoms with Gasteiger partial charge in [-0.1, -0.05) is 41.5 Å². The first-order chi connectivity index (χ1) is 6.64. The Morgan fingerprint density at radius 1 is 1.00 bits per heavy atom. The summed E-state index contributed by atoms with van der Waals surface area (Å²) in [5.74, 6) is 0. The highest BCUT2D eigenvalue weighted by molar-refractivity contribution is 5.28. The van der Waals surface area contributed by atoms with Gasteiger partial charge in [0.1, 0.15) is 0 Å². The summed E-state index contributed by atoms with van der Waals surface area (Å²) in [7, 11) is 0. The highest BCUT2D eigenvalue weighted by atomic mass is 16.5. The summed E-state index contributed by atoms with van der Waals surface area (Å²) in [6, 6.07) is 3.87. The molecule has 0 unspecified atom stereocenters. The minimum absolute atomic E-state index is 0.00995. The van der Waals surface area contributed by atoms with Gasteiger partial charge >= 0.3 is 0 Å². The largest absolute Gasteiger partial charge is 0.618 e. The highest BCUT2D eigenvalue weighted by Gasteiger charge is 2.31. The number of hydrogen-bond donors (Lipinski definition) is 0. The van der Waals surface area contributed by atoms with Crippen LogP contribution >= 0.6 is 0 Å². The quantitative estimate of drug-likeness (QED) is 0.474. The Labute approximate surface area is 92.5 Å². The minimum atomic E-state index is -0.119. The van der Waals surface area contributed by atoms with Crippen LogP contribution in [0.1, 0.15) is 52.8 Å². The van der Waals surface area contributed by atoms with E-state index >= 15 is 0 Å². The lowest BCUT2D eigenvalue weighted by Crippen LogP contribution is -2.41. The Balaban J connectivity index is 3.48. The van der Waals surface area contributed by atoms with Crippen molar-refractivity contribution in [3.8, 4) is 0 Å². The molecule has 0 saturated carbocycles. The van der Waals surface area contributed by atoms with Crippen LogP contribution in [0.15, 0.2) is 18.3 Å². The molecule has 0 saturated heterocycles. The van der Waals surface area contributed by atoms with Gasteiger partial charge in [0.15, 0.2) is 6.20 Å². The van der Waals surface area contributed by atoms with Gasteiger partial charge in [-0.15, -0.1) is 0 Å². The van der Waals surface area contributed by atoms with Crippen LogP contribution in [-0.2, 0) is 10.8 Å². The molecule has 84 valence electrons. The number of rotatable bonds is 0. The molecule has 1 aromatic heterocycles. The molecule has 2 nitrogen and oxygen atoms in total. The molecule has 0 fully saturated rings. The van der Waals surface area contributed by atoms with Crippen LogP contribution in [-0.4, -0.2) is 0 Å². The zero-order chi connectivity index (χ0) is 11.9. The molecule has 0 bridgehead atoms. The smallest absolute Gasteiger partial charge is 0.201 e. The maximum Gasteiger partial charge on any atom is 0.201 e. The van der Waals surface area contributed by atoms with E-state index < -0.39 is 0 Å². The third kappa shape index (κ3) is 2.49. The molecule has 0 radical (unpaired) electrons. The molecule has 1 heterocycles. The van der Waals surface area contributed by atoms with Gasteiger partial charge in [0.25, 0.3) is 0 Å². The third-order valence-electron chi connectivity index (χ3n) is 2.48. The van der Waals surface area contributed by atoms with Crippen molar-refractivity contribution in [2.24, 2.45) is 0 Å². The van der Waals surface area contributed by atoms with Crippen molar-refractivity contribution < 1.29 is 4.73 Å². The molecule has 0 N–H and O–H groups in total. The van der Waals surface area contributed by atoms with Gasteiger partial charge in [-0.2, -0.15) is 4.73 Å². The molecule has 0 aliphatic rings. The molecule has 15 heavy (non-hydrogen) atoms. The average molecular weight is 207 g/mol. The predicted molar refractivity (Wildman–Crippen MR) is 62.8 cm³/mol. The van der Waals surface area contributed by atoms with E-state index in [4.69, 9.17) is 0 Å². The van der Waals surface area contributed by atoms with Gasteiger partial charge in [0.05, 0.1) is 0 Å². The van der Waals surface area contributed by atoms with E-state index in [0.29, 0.717) is 0 Å². The molecule has 0 atom stereocenters. The van der Waals surface area contributed by atoms with E-state index in [0.717, 1.165) is 16.0 Å². The summed E-state index contributed by atoms with van der Waals surface area (Å²) in [5.41, 5.74) is 1.90. The lowest BCUT2D eigenvalue weighted by atomic mass is 9.78. The van der Waals surface area contributed by atoms with Crippen LogP contribution < -0.4 is 4.73 Å². The Morgan fingerprint density at radius 3 is 1.87 bits per heavy atom. The maximum atomic E-state index is 11.9. The third-order valence-corrected chi connectivity index (χ3v) is 2.48. The molecule has 2 heteroatoms. The summed E-state index contributed by atoms with van der Waals surface area (Å²) in [6.07, 6.45) is 1.58. The topological polar surface area (TPSA) is 26.9 Å². The monoisotopic (exact) mass is 207 g/mol. The van der Waals surface area contributed by atoms with Crippen molar-refractivity contribution in [2.75, 3.05) is 0 Å². The average Bonchev–Trinajstić information content (AvgIpc) is 1.99. The summed E-state index contributed by atoms with van der Waals surface area (Å²) in [4.78, 5) is 0. The van der Waals surface area contributed by atoms with Crippen LogP contribution in [0.2, 0.25) is 0 Å². The normalized spacial score (nSPS) is 12.9. The summed E-state index contributed by atoms with van der Waals surface area (Å²) in [6.45, 7) is 12.6. The molecule has 0 aliphatic heterocycles. The second-order valence-electron chi connectivity index (χ2n) is 6.10. The first-order valence-electron chi connectivity index (χ1n) is 5.37. The number of pyridine rings is 1. The molecule has 0 aliphatic carbocycles.